The molecule has 0 spiro atoms. The molecule has 0 aromatic carbocycles. The van der Waals surface area contributed by atoms with Gasteiger partial charge in [-0.05, 0) is 6.92 Å². The number of hydrogen-bond donors (Lipinski definition) is 2. The smallest absolute Gasteiger partial charge is 0.326 e. The Bertz CT molecular complexity index is 455. The molecule has 7 nitrogen and oxygen atoms in total. The molecule has 2 rings (SSSR count). The molecule has 0 radical (unpaired) electrons. The van der Waals surface area contributed by atoms with E-state index in [1.807, 2.05) is 0 Å². The van der Waals surface area contributed by atoms with Crippen molar-refractivity contribution >= 4 is 11.9 Å². The number of amides is 1. The van der Waals surface area contributed by atoms with Gasteiger partial charge in [0.2, 0.25) is 5.76 Å². The number of carboxylic acids is 1. The lowest BCUT2D eigenvalue weighted by atomic mass is 10.2. The number of aromatic nitrogens is 1. The van der Waals surface area contributed by atoms with E-state index in [1.54, 1.807) is 6.92 Å². The fourth-order valence-electron chi connectivity index (χ4n) is 1.88. The molecule has 92 valence electrons. The molecule has 2 atom stereocenters. The molecular formula is C10H12N2O5. The number of nitrogens with zero attached hydrogens (tertiary/aromatic N) is 2. The molecule has 1 amide bonds. The quantitative estimate of drug-likeness (QED) is 0.731. The van der Waals surface area contributed by atoms with Crippen LogP contribution in [0.5, 0.6) is 0 Å². The van der Waals surface area contributed by atoms with Crippen molar-refractivity contribution in [3.8, 4) is 0 Å². The first kappa shape index (κ1) is 11.6. The Morgan fingerprint density at radius 2 is 2.29 bits per heavy atom. The Morgan fingerprint density at radius 1 is 1.59 bits per heavy atom. The first-order valence-corrected chi connectivity index (χ1v) is 5.14. The van der Waals surface area contributed by atoms with Crippen LogP contribution in [-0.2, 0) is 4.79 Å². The maximum absolute atomic E-state index is 11.9. The number of rotatable bonds is 2. The maximum atomic E-state index is 11.9. The summed E-state index contributed by atoms with van der Waals surface area (Å²) in [5, 5.41) is 21.9. The summed E-state index contributed by atoms with van der Waals surface area (Å²) in [6.45, 7) is 1.66. The first-order valence-electron chi connectivity index (χ1n) is 5.14. The monoisotopic (exact) mass is 240 g/mol. The van der Waals surface area contributed by atoms with Crippen molar-refractivity contribution in [1.29, 1.82) is 0 Å². The Kier molecular flexibility index (Phi) is 2.84. The van der Waals surface area contributed by atoms with Crippen molar-refractivity contribution in [1.82, 2.24) is 10.1 Å². The van der Waals surface area contributed by atoms with E-state index >= 15 is 0 Å². The zero-order chi connectivity index (χ0) is 12.6. The molecule has 0 bridgehead atoms. The molecule has 0 saturated carbocycles. The van der Waals surface area contributed by atoms with E-state index in [2.05, 4.69) is 5.16 Å². The third-order valence-electron chi connectivity index (χ3n) is 2.66. The highest BCUT2D eigenvalue weighted by Crippen LogP contribution is 2.21. The summed E-state index contributed by atoms with van der Waals surface area (Å²) in [5.74, 6) is -1.71. The number of β-amino-alcohol motifs (C(OH)–C–C–N with tert-alkyl or cyclic N) is 1. The van der Waals surface area contributed by atoms with Gasteiger partial charge >= 0.3 is 5.97 Å². The highest BCUT2D eigenvalue weighted by molar-refractivity contribution is 5.94. The minimum Gasteiger partial charge on any atom is -0.480 e. The zero-order valence-corrected chi connectivity index (χ0v) is 9.16. The van der Waals surface area contributed by atoms with Gasteiger partial charge in [0.1, 0.15) is 6.04 Å². The van der Waals surface area contributed by atoms with Crippen molar-refractivity contribution < 1.29 is 24.3 Å². The summed E-state index contributed by atoms with van der Waals surface area (Å²) >= 11 is 0. The average molecular weight is 240 g/mol. The minimum absolute atomic E-state index is 0.00442. The Labute approximate surface area is 96.6 Å². The fraction of sp³-hybridized carbons (Fsp3) is 0.500. The number of aryl methyl sites for hydroxylation is 1. The topological polar surface area (TPSA) is 104 Å². The van der Waals surface area contributed by atoms with Gasteiger partial charge in [-0.15, -0.1) is 0 Å². The van der Waals surface area contributed by atoms with E-state index < -0.39 is 24.0 Å². The predicted molar refractivity (Wildman–Crippen MR) is 54.3 cm³/mol. The second-order valence-electron chi connectivity index (χ2n) is 4.03. The largest absolute Gasteiger partial charge is 0.480 e. The molecule has 2 heterocycles. The van der Waals surface area contributed by atoms with Crippen molar-refractivity contribution in [2.45, 2.75) is 25.5 Å². The second kappa shape index (κ2) is 4.17. The Morgan fingerprint density at radius 3 is 2.82 bits per heavy atom. The van der Waals surface area contributed by atoms with Gasteiger partial charge in [0.15, 0.2) is 0 Å². The summed E-state index contributed by atoms with van der Waals surface area (Å²) in [7, 11) is 0. The van der Waals surface area contributed by atoms with Gasteiger partial charge in [0.05, 0.1) is 11.8 Å². The first-order chi connectivity index (χ1) is 7.99. The summed E-state index contributed by atoms with van der Waals surface area (Å²) in [5.41, 5.74) is 0.542. The van der Waals surface area contributed by atoms with Crippen LogP contribution in [0.25, 0.3) is 0 Å². The Hall–Kier alpha value is -1.89. The second-order valence-corrected chi connectivity index (χ2v) is 4.03. The minimum atomic E-state index is -1.13. The fourth-order valence-corrected chi connectivity index (χ4v) is 1.88. The summed E-state index contributed by atoms with van der Waals surface area (Å²) < 4.78 is 4.79. The van der Waals surface area contributed by atoms with Crippen LogP contribution in [0.2, 0.25) is 0 Å². The van der Waals surface area contributed by atoms with E-state index in [4.69, 9.17) is 9.63 Å². The third kappa shape index (κ3) is 2.14. The Balaban J connectivity index is 2.21. The maximum Gasteiger partial charge on any atom is 0.326 e. The number of aliphatic hydroxyl groups excluding tert-OH is 1. The standard InChI is InChI=1S/C10H12N2O5/c1-5-2-8(17-11-5)9(14)12-4-6(13)3-7(12)10(15)16/h2,6-7,13H,3-4H2,1H3,(H,15,16)/t6-,7-/m0/s1. The lowest BCUT2D eigenvalue weighted by Gasteiger charge is -2.19. The van der Waals surface area contributed by atoms with Gasteiger partial charge in [0, 0.05) is 19.0 Å². The van der Waals surface area contributed by atoms with E-state index in [9.17, 15) is 14.7 Å². The third-order valence-corrected chi connectivity index (χ3v) is 2.66. The number of aliphatic carboxylic acids is 1. The summed E-state index contributed by atoms with van der Waals surface area (Å²) in [6.07, 6.45) is -0.780. The van der Waals surface area contributed by atoms with E-state index in [-0.39, 0.29) is 18.7 Å². The molecule has 7 heteroatoms. The molecule has 1 aromatic rings. The number of carbonyl (C=O) groups is 2. The highest BCUT2D eigenvalue weighted by atomic mass is 16.5. The normalized spacial score (nSPS) is 24.0. The van der Waals surface area contributed by atoms with Crippen LogP contribution in [0.4, 0.5) is 0 Å². The molecular weight excluding hydrogens is 228 g/mol. The number of carboxylic acid groups (broad SMARTS) is 1. The molecule has 1 aliphatic rings. The van der Waals surface area contributed by atoms with E-state index in [0.29, 0.717) is 5.69 Å². The van der Waals surface area contributed by atoms with Crippen molar-refractivity contribution in [2.24, 2.45) is 0 Å². The molecule has 1 aliphatic heterocycles. The van der Waals surface area contributed by atoms with Crippen LogP contribution in [-0.4, -0.2) is 50.8 Å². The van der Waals surface area contributed by atoms with Crippen molar-refractivity contribution in [2.75, 3.05) is 6.54 Å². The van der Waals surface area contributed by atoms with E-state index in [0.717, 1.165) is 4.90 Å². The van der Waals surface area contributed by atoms with Gasteiger partial charge in [-0.1, -0.05) is 5.16 Å². The van der Waals surface area contributed by atoms with Gasteiger partial charge < -0.3 is 19.6 Å². The number of hydrogen-bond acceptors (Lipinski definition) is 5. The highest BCUT2D eigenvalue weighted by Gasteiger charge is 2.40. The molecule has 1 fully saturated rings. The van der Waals surface area contributed by atoms with Crippen LogP contribution in [0.15, 0.2) is 10.6 Å². The van der Waals surface area contributed by atoms with Gasteiger partial charge in [-0.25, -0.2) is 4.79 Å². The lowest BCUT2D eigenvalue weighted by Crippen LogP contribution is -2.40. The SMILES string of the molecule is Cc1cc(C(=O)N2C[C@@H](O)C[C@H]2C(=O)O)on1. The zero-order valence-electron chi connectivity index (χ0n) is 9.16. The summed E-state index contributed by atoms with van der Waals surface area (Å²) in [6, 6.07) is 0.425. The van der Waals surface area contributed by atoms with Crippen LogP contribution < -0.4 is 0 Å². The number of likely N-dealkylation sites (tertiary alicyclic amines) is 1. The van der Waals surface area contributed by atoms with Gasteiger partial charge in [-0.3, -0.25) is 4.79 Å². The molecule has 2 N–H and O–H groups in total. The number of carbonyl (C=O) groups excluding carboxylic acids is 1. The van der Waals surface area contributed by atoms with Crippen molar-refractivity contribution in [3.05, 3.63) is 17.5 Å². The predicted octanol–water partition coefficient (Wildman–Crippen LogP) is -0.357. The van der Waals surface area contributed by atoms with Crippen LogP contribution in [0.3, 0.4) is 0 Å². The molecule has 1 aromatic heterocycles. The average Bonchev–Trinajstić information content (AvgIpc) is 2.83. The molecule has 1 saturated heterocycles. The van der Waals surface area contributed by atoms with Gasteiger partial charge in [-0.2, -0.15) is 0 Å². The van der Waals surface area contributed by atoms with E-state index in [1.165, 1.54) is 6.07 Å². The van der Waals surface area contributed by atoms with Crippen LogP contribution in [0, 0.1) is 6.92 Å². The lowest BCUT2D eigenvalue weighted by molar-refractivity contribution is -0.141. The van der Waals surface area contributed by atoms with Crippen molar-refractivity contribution in [3.63, 3.8) is 0 Å². The number of aliphatic hydroxyl groups is 1. The molecule has 0 aliphatic carbocycles. The molecule has 0 unspecified atom stereocenters. The summed E-state index contributed by atoms with van der Waals surface area (Å²) in [4.78, 5) is 24.0. The van der Waals surface area contributed by atoms with Crippen LogP contribution >= 0.6 is 0 Å². The van der Waals surface area contributed by atoms with Crippen LogP contribution in [0.1, 0.15) is 22.7 Å². The molecule has 17 heavy (non-hydrogen) atoms. The van der Waals surface area contributed by atoms with Gasteiger partial charge in [0.25, 0.3) is 5.91 Å².